The van der Waals surface area contributed by atoms with E-state index in [0.717, 1.165) is 0 Å². The largest absolute Gasteiger partial charge is 0.458 e. The van der Waals surface area contributed by atoms with Crippen molar-refractivity contribution in [1.82, 2.24) is 5.16 Å². The Morgan fingerprint density at radius 1 is 1.67 bits per heavy atom. The molecule has 12 heavy (non-hydrogen) atoms. The fraction of sp³-hybridized carbons (Fsp3) is 0.500. The molecule has 4 heteroatoms. The van der Waals surface area contributed by atoms with E-state index in [1.54, 1.807) is 26.8 Å². The Balaban J connectivity index is 2.65. The number of aromatic nitrogens is 1. The van der Waals surface area contributed by atoms with Crippen LogP contribution in [-0.4, -0.2) is 17.2 Å². The number of rotatable bonds is 2. The molecule has 0 fully saturated rings. The van der Waals surface area contributed by atoms with E-state index in [1.165, 1.54) is 0 Å². The lowest BCUT2D eigenvalue weighted by molar-refractivity contribution is 0.0366. The molecule has 0 aliphatic carbocycles. The van der Waals surface area contributed by atoms with Crippen LogP contribution in [0.1, 0.15) is 30.1 Å². The van der Waals surface area contributed by atoms with Gasteiger partial charge in [-0.2, -0.15) is 0 Å². The van der Waals surface area contributed by atoms with Gasteiger partial charge in [-0.15, -0.1) is 0 Å². The van der Waals surface area contributed by atoms with Crippen LogP contribution < -0.4 is 0 Å². The number of aryl methyl sites for hydroxylation is 1. The van der Waals surface area contributed by atoms with E-state index >= 15 is 0 Å². The zero-order valence-corrected chi connectivity index (χ0v) is 7.33. The predicted molar refractivity (Wildman–Crippen MR) is 41.8 cm³/mol. The Kier molecular flexibility index (Phi) is 2.47. The van der Waals surface area contributed by atoms with Gasteiger partial charge < -0.3 is 9.26 Å². The highest BCUT2D eigenvalue weighted by Crippen LogP contribution is 2.04. The Morgan fingerprint density at radius 3 is 2.75 bits per heavy atom. The van der Waals surface area contributed by atoms with Crippen LogP contribution in [0.3, 0.4) is 0 Å². The van der Waals surface area contributed by atoms with E-state index in [2.05, 4.69) is 5.16 Å². The molecule has 1 rings (SSSR count). The van der Waals surface area contributed by atoms with Gasteiger partial charge in [-0.1, -0.05) is 5.16 Å². The minimum atomic E-state index is -0.443. The van der Waals surface area contributed by atoms with Gasteiger partial charge >= 0.3 is 5.97 Å². The van der Waals surface area contributed by atoms with E-state index in [4.69, 9.17) is 9.26 Å². The molecule has 1 heterocycles. The number of carbonyl (C=O) groups is 1. The summed E-state index contributed by atoms with van der Waals surface area (Å²) < 4.78 is 9.60. The van der Waals surface area contributed by atoms with Crippen LogP contribution in [0.15, 0.2) is 10.6 Å². The average Bonchev–Trinajstić information content (AvgIpc) is 2.34. The minimum absolute atomic E-state index is 0.130. The number of nitrogens with zero attached hydrogens (tertiary/aromatic N) is 1. The summed E-state index contributed by atoms with van der Waals surface area (Å²) in [6.45, 7) is 5.29. The molecule has 0 spiro atoms. The normalized spacial score (nSPS) is 10.3. The summed E-state index contributed by atoms with van der Waals surface area (Å²) in [5.41, 5.74) is 0.223. The fourth-order valence-electron chi connectivity index (χ4n) is 0.737. The van der Waals surface area contributed by atoms with E-state index in [-0.39, 0.29) is 11.8 Å². The number of ether oxygens (including phenoxy) is 1. The Hall–Kier alpha value is -1.32. The van der Waals surface area contributed by atoms with Crippen molar-refractivity contribution < 1.29 is 14.1 Å². The first-order valence-corrected chi connectivity index (χ1v) is 3.74. The summed E-state index contributed by atoms with van der Waals surface area (Å²) in [6.07, 6.45) is -0.130. The van der Waals surface area contributed by atoms with Crippen molar-refractivity contribution in [3.8, 4) is 0 Å². The zero-order chi connectivity index (χ0) is 9.14. The molecular weight excluding hydrogens is 158 g/mol. The maximum atomic E-state index is 11.1. The number of hydrogen-bond donors (Lipinski definition) is 0. The van der Waals surface area contributed by atoms with Crippen LogP contribution in [0, 0.1) is 6.92 Å². The summed E-state index contributed by atoms with van der Waals surface area (Å²) in [6, 6.07) is 1.55. The highest BCUT2D eigenvalue weighted by atomic mass is 16.5. The molecule has 0 aliphatic heterocycles. The van der Waals surface area contributed by atoms with E-state index in [1.807, 2.05) is 0 Å². The second-order valence-electron chi connectivity index (χ2n) is 2.78. The SMILES string of the molecule is Cc1cc(C(=O)OC(C)C)no1. The third-order valence-electron chi connectivity index (χ3n) is 1.18. The van der Waals surface area contributed by atoms with E-state index in [0.29, 0.717) is 5.76 Å². The molecule has 1 aromatic rings. The molecule has 0 aromatic carbocycles. The molecule has 66 valence electrons. The Bertz CT molecular complexity index is 278. The molecule has 0 saturated heterocycles. The monoisotopic (exact) mass is 169 g/mol. The maximum absolute atomic E-state index is 11.1. The molecule has 0 atom stereocenters. The van der Waals surface area contributed by atoms with Crippen LogP contribution in [0.4, 0.5) is 0 Å². The van der Waals surface area contributed by atoms with Crippen molar-refractivity contribution in [3.63, 3.8) is 0 Å². The standard InChI is InChI=1S/C8H11NO3/c1-5(2)11-8(10)7-4-6(3)12-9-7/h4-5H,1-3H3. The molecule has 1 aromatic heterocycles. The quantitative estimate of drug-likeness (QED) is 0.630. The fourth-order valence-corrected chi connectivity index (χ4v) is 0.737. The second kappa shape index (κ2) is 3.38. The van der Waals surface area contributed by atoms with Crippen molar-refractivity contribution >= 4 is 5.97 Å². The molecule has 0 aliphatic rings. The molecule has 0 unspecified atom stereocenters. The average molecular weight is 169 g/mol. The molecule has 0 amide bonds. The van der Waals surface area contributed by atoms with Crippen molar-refractivity contribution in [2.45, 2.75) is 26.9 Å². The van der Waals surface area contributed by atoms with Crippen molar-refractivity contribution in [3.05, 3.63) is 17.5 Å². The van der Waals surface area contributed by atoms with Gasteiger partial charge in [0.2, 0.25) is 0 Å². The van der Waals surface area contributed by atoms with Gasteiger partial charge in [0.05, 0.1) is 6.10 Å². The summed E-state index contributed by atoms with van der Waals surface area (Å²) in [7, 11) is 0. The summed E-state index contributed by atoms with van der Waals surface area (Å²) in [5, 5.41) is 3.52. The third-order valence-corrected chi connectivity index (χ3v) is 1.18. The molecular formula is C8H11NO3. The Morgan fingerprint density at radius 2 is 2.33 bits per heavy atom. The highest BCUT2D eigenvalue weighted by molar-refractivity contribution is 5.87. The minimum Gasteiger partial charge on any atom is -0.458 e. The van der Waals surface area contributed by atoms with Crippen molar-refractivity contribution in [1.29, 1.82) is 0 Å². The van der Waals surface area contributed by atoms with Crippen molar-refractivity contribution in [2.75, 3.05) is 0 Å². The second-order valence-corrected chi connectivity index (χ2v) is 2.78. The topological polar surface area (TPSA) is 52.3 Å². The van der Waals surface area contributed by atoms with Crippen LogP contribution in [-0.2, 0) is 4.74 Å². The Labute approximate surface area is 70.5 Å². The lowest BCUT2D eigenvalue weighted by Gasteiger charge is -2.03. The van der Waals surface area contributed by atoms with Crippen LogP contribution >= 0.6 is 0 Å². The van der Waals surface area contributed by atoms with Gasteiger partial charge in [0.15, 0.2) is 5.69 Å². The maximum Gasteiger partial charge on any atom is 0.360 e. The number of esters is 1. The van der Waals surface area contributed by atoms with Gasteiger partial charge in [-0.25, -0.2) is 4.79 Å². The molecule has 0 saturated carbocycles. The molecule has 0 bridgehead atoms. The zero-order valence-electron chi connectivity index (χ0n) is 7.33. The van der Waals surface area contributed by atoms with Gasteiger partial charge in [0.25, 0.3) is 0 Å². The molecule has 0 N–H and O–H groups in total. The number of hydrogen-bond acceptors (Lipinski definition) is 4. The molecule has 0 radical (unpaired) electrons. The smallest absolute Gasteiger partial charge is 0.360 e. The third kappa shape index (κ3) is 2.08. The van der Waals surface area contributed by atoms with Gasteiger partial charge in [0, 0.05) is 6.07 Å². The first kappa shape index (κ1) is 8.77. The summed E-state index contributed by atoms with van der Waals surface area (Å²) in [5.74, 6) is 0.160. The first-order valence-electron chi connectivity index (χ1n) is 3.74. The van der Waals surface area contributed by atoms with Crippen molar-refractivity contribution in [2.24, 2.45) is 0 Å². The van der Waals surface area contributed by atoms with Crippen LogP contribution in [0.5, 0.6) is 0 Å². The summed E-state index contributed by atoms with van der Waals surface area (Å²) in [4.78, 5) is 11.1. The van der Waals surface area contributed by atoms with Gasteiger partial charge in [-0.3, -0.25) is 0 Å². The number of carbonyl (C=O) groups excluding carboxylic acids is 1. The van der Waals surface area contributed by atoms with Gasteiger partial charge in [0.1, 0.15) is 5.76 Å². The predicted octanol–water partition coefficient (Wildman–Crippen LogP) is 1.55. The lowest BCUT2D eigenvalue weighted by Crippen LogP contribution is -2.11. The van der Waals surface area contributed by atoms with Crippen LogP contribution in [0.2, 0.25) is 0 Å². The van der Waals surface area contributed by atoms with E-state index < -0.39 is 5.97 Å². The van der Waals surface area contributed by atoms with Crippen LogP contribution in [0.25, 0.3) is 0 Å². The highest BCUT2D eigenvalue weighted by Gasteiger charge is 2.13. The van der Waals surface area contributed by atoms with Gasteiger partial charge in [-0.05, 0) is 20.8 Å². The summed E-state index contributed by atoms with van der Waals surface area (Å²) >= 11 is 0. The van der Waals surface area contributed by atoms with E-state index in [9.17, 15) is 4.79 Å². The molecule has 4 nitrogen and oxygen atoms in total. The lowest BCUT2D eigenvalue weighted by atomic mass is 10.4. The first-order chi connectivity index (χ1) is 5.59.